The Balaban J connectivity index is 1.65. The first-order valence-electron chi connectivity index (χ1n) is 9.12. The molecule has 9 nitrogen and oxygen atoms in total. The molecule has 3 rings (SSSR count). The number of anilines is 2. The Hall–Kier alpha value is -3.14. The van der Waals surface area contributed by atoms with Crippen LogP contribution in [0.1, 0.15) is 25.5 Å². The molecule has 0 aliphatic rings. The van der Waals surface area contributed by atoms with Crippen LogP contribution in [0.5, 0.6) is 0 Å². The molecule has 0 spiro atoms. The van der Waals surface area contributed by atoms with Gasteiger partial charge in [0.05, 0.1) is 22.7 Å². The number of rotatable bonds is 7. The van der Waals surface area contributed by atoms with Crippen molar-refractivity contribution in [1.29, 1.82) is 0 Å². The lowest BCUT2D eigenvalue weighted by atomic mass is 10.1. The van der Waals surface area contributed by atoms with Gasteiger partial charge < -0.3 is 10.6 Å². The van der Waals surface area contributed by atoms with E-state index in [1.54, 1.807) is 19.2 Å². The fourth-order valence-corrected chi connectivity index (χ4v) is 3.99. The van der Waals surface area contributed by atoms with Crippen molar-refractivity contribution in [2.75, 3.05) is 22.6 Å². The van der Waals surface area contributed by atoms with E-state index < -0.39 is 9.84 Å². The molecular weight excluding hydrogens is 392 g/mol. The lowest BCUT2D eigenvalue weighted by Crippen LogP contribution is -2.31. The first-order chi connectivity index (χ1) is 13.7. The molecule has 2 aromatic heterocycles. The number of pyridine rings is 1. The summed E-state index contributed by atoms with van der Waals surface area (Å²) in [7, 11) is -3.10. The van der Waals surface area contributed by atoms with Crippen molar-refractivity contribution in [1.82, 2.24) is 20.5 Å². The minimum absolute atomic E-state index is 0.00576. The normalized spacial score (nSPS) is 13.6. The van der Waals surface area contributed by atoms with E-state index >= 15 is 0 Å². The standard InChI is InChI=1S/C19H24N6O3S/c1-12(11-29(3,27)28)21-18-15-10-20-17(9-16(15)24-25-18)23-19(26)22-13(2)14-7-5-4-6-8-14/h4-10,12-13H,11H2,1-3H3,(H2,21,24,25)(H2,20,22,23,26)/t12?,13-/m1/s1. The van der Waals surface area contributed by atoms with Gasteiger partial charge in [-0.2, -0.15) is 5.10 Å². The summed E-state index contributed by atoms with van der Waals surface area (Å²) in [5.41, 5.74) is 1.67. The molecule has 0 radical (unpaired) electrons. The largest absolute Gasteiger partial charge is 0.365 e. The monoisotopic (exact) mass is 416 g/mol. The van der Waals surface area contributed by atoms with Crippen LogP contribution in [0.4, 0.5) is 16.4 Å². The van der Waals surface area contributed by atoms with Crippen LogP contribution in [0.3, 0.4) is 0 Å². The Bertz CT molecular complexity index is 1100. The summed E-state index contributed by atoms with van der Waals surface area (Å²) in [6.07, 6.45) is 2.77. The number of hydrogen-bond donors (Lipinski definition) is 4. The van der Waals surface area contributed by atoms with E-state index in [1.165, 1.54) is 6.26 Å². The van der Waals surface area contributed by atoms with E-state index in [9.17, 15) is 13.2 Å². The lowest BCUT2D eigenvalue weighted by Gasteiger charge is -2.14. The van der Waals surface area contributed by atoms with E-state index in [2.05, 4.69) is 31.1 Å². The van der Waals surface area contributed by atoms with Crippen molar-refractivity contribution in [3.8, 4) is 0 Å². The SMILES string of the molecule is CC(CS(C)(=O)=O)Nc1n[nH]c2cc(NC(=O)N[C@H](C)c3ccccc3)ncc12. The number of amides is 2. The molecular formula is C19H24N6O3S. The highest BCUT2D eigenvalue weighted by atomic mass is 32.2. The van der Waals surface area contributed by atoms with Crippen molar-refractivity contribution in [3.63, 3.8) is 0 Å². The summed E-state index contributed by atoms with van der Waals surface area (Å²) in [6.45, 7) is 3.67. The predicted molar refractivity (Wildman–Crippen MR) is 114 cm³/mol. The van der Waals surface area contributed by atoms with Crippen LogP contribution in [0.2, 0.25) is 0 Å². The molecule has 10 heteroatoms. The predicted octanol–water partition coefficient (Wildman–Crippen LogP) is 2.69. The molecule has 0 saturated heterocycles. The molecule has 4 N–H and O–H groups in total. The maximum Gasteiger partial charge on any atom is 0.320 e. The van der Waals surface area contributed by atoms with Crippen LogP contribution in [0.15, 0.2) is 42.6 Å². The fourth-order valence-electron chi connectivity index (χ4n) is 2.99. The summed E-state index contributed by atoms with van der Waals surface area (Å²) in [5.74, 6) is 0.876. The zero-order valence-corrected chi connectivity index (χ0v) is 17.2. The molecule has 3 aromatic rings. The highest BCUT2D eigenvalue weighted by Crippen LogP contribution is 2.22. The van der Waals surface area contributed by atoms with Crippen LogP contribution in [-0.2, 0) is 9.84 Å². The number of nitrogens with zero attached hydrogens (tertiary/aromatic N) is 2. The van der Waals surface area contributed by atoms with E-state index in [4.69, 9.17) is 0 Å². The second kappa shape index (κ2) is 8.48. The summed E-state index contributed by atoms with van der Waals surface area (Å²) in [4.78, 5) is 16.5. The summed E-state index contributed by atoms with van der Waals surface area (Å²) >= 11 is 0. The van der Waals surface area contributed by atoms with E-state index in [-0.39, 0.29) is 23.9 Å². The number of H-pyrrole nitrogens is 1. The highest BCUT2D eigenvalue weighted by molar-refractivity contribution is 7.90. The quantitative estimate of drug-likeness (QED) is 0.469. The van der Waals surface area contributed by atoms with Crippen LogP contribution < -0.4 is 16.0 Å². The Morgan fingerprint density at radius 2 is 1.93 bits per heavy atom. The first kappa shape index (κ1) is 20.6. The molecule has 2 atom stereocenters. The molecule has 1 aromatic carbocycles. The molecule has 0 saturated carbocycles. The van der Waals surface area contributed by atoms with Gasteiger partial charge in [0.25, 0.3) is 0 Å². The van der Waals surface area contributed by atoms with E-state index in [0.717, 1.165) is 5.56 Å². The number of aromatic nitrogens is 3. The molecule has 154 valence electrons. The molecule has 0 bridgehead atoms. The average Bonchev–Trinajstić information content (AvgIpc) is 3.02. The van der Waals surface area contributed by atoms with Crippen molar-refractivity contribution < 1.29 is 13.2 Å². The number of nitrogens with one attached hydrogen (secondary N) is 4. The van der Waals surface area contributed by atoms with Crippen LogP contribution in [0.25, 0.3) is 10.9 Å². The number of carbonyl (C=O) groups is 1. The number of carbonyl (C=O) groups excluding carboxylic acids is 1. The fraction of sp³-hybridized carbons (Fsp3) is 0.316. The number of benzene rings is 1. The van der Waals surface area contributed by atoms with Crippen molar-refractivity contribution in [3.05, 3.63) is 48.2 Å². The first-order valence-corrected chi connectivity index (χ1v) is 11.2. The molecule has 1 unspecified atom stereocenters. The molecule has 2 amide bonds. The van der Waals surface area contributed by atoms with Gasteiger partial charge in [0.2, 0.25) is 0 Å². The van der Waals surface area contributed by atoms with Crippen LogP contribution in [0, 0.1) is 0 Å². The molecule has 2 heterocycles. The Kier molecular flexibility index (Phi) is 6.02. The molecule has 29 heavy (non-hydrogen) atoms. The zero-order chi connectivity index (χ0) is 21.0. The minimum Gasteiger partial charge on any atom is -0.365 e. The van der Waals surface area contributed by atoms with Gasteiger partial charge in [-0.05, 0) is 19.4 Å². The summed E-state index contributed by atoms with van der Waals surface area (Å²) in [5, 5.41) is 16.4. The minimum atomic E-state index is -3.10. The van der Waals surface area contributed by atoms with Crippen molar-refractivity contribution in [2.45, 2.75) is 25.9 Å². The molecule has 0 aliphatic heterocycles. The topological polar surface area (TPSA) is 129 Å². The Labute approximate surface area is 169 Å². The average molecular weight is 417 g/mol. The Morgan fingerprint density at radius 3 is 2.62 bits per heavy atom. The van der Waals surface area contributed by atoms with Gasteiger partial charge in [0.15, 0.2) is 5.82 Å². The van der Waals surface area contributed by atoms with Gasteiger partial charge in [-0.15, -0.1) is 0 Å². The molecule has 0 fully saturated rings. The van der Waals surface area contributed by atoms with E-state index in [1.807, 2.05) is 37.3 Å². The number of sulfone groups is 1. The maximum absolute atomic E-state index is 12.3. The second-order valence-electron chi connectivity index (χ2n) is 7.06. The van der Waals surface area contributed by atoms with Gasteiger partial charge >= 0.3 is 6.03 Å². The van der Waals surface area contributed by atoms with Gasteiger partial charge in [-0.25, -0.2) is 18.2 Å². The zero-order valence-electron chi connectivity index (χ0n) is 16.4. The number of urea groups is 1. The van der Waals surface area contributed by atoms with Crippen LogP contribution >= 0.6 is 0 Å². The summed E-state index contributed by atoms with van der Waals surface area (Å²) < 4.78 is 22.8. The number of hydrogen-bond acceptors (Lipinski definition) is 6. The number of fused-ring (bicyclic) bond motifs is 1. The third-order valence-corrected chi connectivity index (χ3v) is 5.38. The lowest BCUT2D eigenvalue weighted by molar-refractivity contribution is 0.249. The van der Waals surface area contributed by atoms with Gasteiger partial charge in [0.1, 0.15) is 15.7 Å². The molecule has 0 aliphatic carbocycles. The third kappa shape index (κ3) is 5.67. The number of aromatic amines is 1. The Morgan fingerprint density at radius 1 is 1.21 bits per heavy atom. The van der Waals surface area contributed by atoms with Gasteiger partial charge in [-0.1, -0.05) is 30.3 Å². The third-order valence-electron chi connectivity index (χ3n) is 4.27. The van der Waals surface area contributed by atoms with Crippen LogP contribution in [-0.4, -0.2) is 47.7 Å². The highest BCUT2D eigenvalue weighted by Gasteiger charge is 2.15. The second-order valence-corrected chi connectivity index (χ2v) is 9.24. The smallest absolute Gasteiger partial charge is 0.320 e. The summed E-state index contributed by atoms with van der Waals surface area (Å²) in [6, 6.07) is 10.5. The maximum atomic E-state index is 12.3. The van der Waals surface area contributed by atoms with Gasteiger partial charge in [-0.3, -0.25) is 10.4 Å². The van der Waals surface area contributed by atoms with Crippen molar-refractivity contribution in [2.24, 2.45) is 0 Å². The van der Waals surface area contributed by atoms with Crippen molar-refractivity contribution >= 4 is 38.4 Å². The van der Waals surface area contributed by atoms with Gasteiger partial charge in [0, 0.05) is 24.6 Å². The van der Waals surface area contributed by atoms with E-state index in [0.29, 0.717) is 22.5 Å².